The molecule has 0 radical (unpaired) electrons. The fourth-order valence-corrected chi connectivity index (χ4v) is 3.90. The fourth-order valence-electron chi connectivity index (χ4n) is 3.49. The summed E-state index contributed by atoms with van der Waals surface area (Å²) in [5.74, 6) is 0.699. The summed E-state index contributed by atoms with van der Waals surface area (Å²) in [5, 5.41) is 9.16. The Labute approximate surface area is 154 Å². The van der Waals surface area contributed by atoms with Gasteiger partial charge in [0.15, 0.2) is 0 Å². The number of halogens is 1. The summed E-state index contributed by atoms with van der Waals surface area (Å²) < 4.78 is 1.16. The van der Waals surface area contributed by atoms with Gasteiger partial charge in [-0.1, -0.05) is 60.8 Å². The summed E-state index contributed by atoms with van der Waals surface area (Å²) in [4.78, 5) is 15.3. The van der Waals surface area contributed by atoms with Gasteiger partial charge in [0.05, 0.1) is 0 Å². The van der Waals surface area contributed by atoms with E-state index in [0.29, 0.717) is 25.0 Å². The van der Waals surface area contributed by atoms with Crippen molar-refractivity contribution in [3.63, 3.8) is 0 Å². The average molecular weight is 397 g/mol. The van der Waals surface area contributed by atoms with Crippen molar-refractivity contribution in [3.05, 3.63) is 34.3 Å². The summed E-state index contributed by atoms with van der Waals surface area (Å²) in [5.41, 5.74) is 1.31. The summed E-state index contributed by atoms with van der Waals surface area (Å²) in [6, 6.07) is 8.87. The molecular weight excluding hydrogens is 368 g/mol. The van der Waals surface area contributed by atoms with Crippen molar-refractivity contribution in [2.75, 3.05) is 19.6 Å². The lowest BCUT2D eigenvalue weighted by atomic mass is 9.97. The van der Waals surface area contributed by atoms with Crippen LogP contribution in [-0.2, 0) is 6.54 Å². The molecule has 0 spiro atoms. The van der Waals surface area contributed by atoms with E-state index in [9.17, 15) is 4.79 Å². The minimum Gasteiger partial charge on any atom is -0.465 e. The van der Waals surface area contributed by atoms with Crippen molar-refractivity contribution in [2.24, 2.45) is 5.92 Å². The molecule has 134 valence electrons. The Morgan fingerprint density at radius 1 is 1.29 bits per heavy atom. The maximum atomic E-state index is 11.1. The van der Waals surface area contributed by atoms with Gasteiger partial charge in [0.25, 0.3) is 0 Å². The molecule has 0 aliphatic carbocycles. The number of benzene rings is 1. The number of rotatable bonds is 7. The number of likely N-dealkylation sites (tertiary alicyclic amines) is 1. The number of amides is 1. The molecule has 24 heavy (non-hydrogen) atoms. The predicted octanol–water partition coefficient (Wildman–Crippen LogP) is 4.83. The van der Waals surface area contributed by atoms with Crippen LogP contribution in [0.5, 0.6) is 0 Å². The summed E-state index contributed by atoms with van der Waals surface area (Å²) in [6.45, 7) is 7.84. The van der Waals surface area contributed by atoms with E-state index in [2.05, 4.69) is 52.9 Å². The lowest BCUT2D eigenvalue weighted by Crippen LogP contribution is -2.47. The molecule has 4 nitrogen and oxygen atoms in total. The SMILES string of the molecule is CCC(CC)CN(Cc1ccccc1Br)C1CCN(C(=O)O)CC1. The van der Waals surface area contributed by atoms with Crippen molar-refractivity contribution in [1.29, 1.82) is 0 Å². The highest BCUT2D eigenvalue weighted by molar-refractivity contribution is 9.10. The van der Waals surface area contributed by atoms with Crippen molar-refractivity contribution in [1.82, 2.24) is 9.80 Å². The van der Waals surface area contributed by atoms with Gasteiger partial charge in [-0.15, -0.1) is 0 Å². The minimum absolute atomic E-state index is 0.466. The molecule has 1 amide bonds. The summed E-state index contributed by atoms with van der Waals surface area (Å²) >= 11 is 3.67. The third-order valence-electron chi connectivity index (χ3n) is 5.23. The lowest BCUT2D eigenvalue weighted by Gasteiger charge is -2.39. The van der Waals surface area contributed by atoms with Crippen molar-refractivity contribution in [2.45, 2.75) is 52.1 Å². The first kappa shape index (κ1) is 19.3. The third-order valence-corrected chi connectivity index (χ3v) is 6.00. The molecule has 5 heteroatoms. The highest BCUT2D eigenvalue weighted by atomic mass is 79.9. The quantitative estimate of drug-likeness (QED) is 0.717. The van der Waals surface area contributed by atoms with Crippen LogP contribution < -0.4 is 0 Å². The van der Waals surface area contributed by atoms with Gasteiger partial charge >= 0.3 is 6.09 Å². The molecule has 1 N–H and O–H groups in total. The number of nitrogens with zero attached hydrogens (tertiary/aromatic N) is 2. The second kappa shape index (κ2) is 9.42. The van der Waals surface area contributed by atoms with Crippen LogP contribution in [0.25, 0.3) is 0 Å². The van der Waals surface area contributed by atoms with E-state index >= 15 is 0 Å². The third kappa shape index (κ3) is 5.21. The second-order valence-corrected chi connectivity index (χ2v) is 7.56. The van der Waals surface area contributed by atoms with E-state index in [-0.39, 0.29) is 0 Å². The Hall–Kier alpha value is -1.07. The monoisotopic (exact) mass is 396 g/mol. The highest BCUT2D eigenvalue weighted by Gasteiger charge is 2.28. The molecule has 0 bridgehead atoms. The zero-order chi connectivity index (χ0) is 17.5. The number of piperidine rings is 1. The van der Waals surface area contributed by atoms with Gasteiger partial charge in [-0.25, -0.2) is 4.79 Å². The molecule has 1 aromatic carbocycles. The average Bonchev–Trinajstić information content (AvgIpc) is 2.60. The summed E-state index contributed by atoms with van der Waals surface area (Å²) in [6.07, 6.45) is 3.45. The van der Waals surface area contributed by atoms with Crippen LogP contribution in [0.3, 0.4) is 0 Å². The van der Waals surface area contributed by atoms with Gasteiger partial charge in [-0.05, 0) is 30.4 Å². The number of carboxylic acid groups (broad SMARTS) is 1. The first-order chi connectivity index (χ1) is 11.5. The first-order valence-corrected chi connectivity index (χ1v) is 9.79. The Morgan fingerprint density at radius 2 is 1.92 bits per heavy atom. The van der Waals surface area contributed by atoms with Crippen LogP contribution in [0.2, 0.25) is 0 Å². The number of carbonyl (C=O) groups is 1. The number of hydrogen-bond acceptors (Lipinski definition) is 2. The Kier molecular flexibility index (Phi) is 7.56. The maximum Gasteiger partial charge on any atom is 0.407 e. The Balaban J connectivity index is 2.08. The smallest absolute Gasteiger partial charge is 0.407 e. The Morgan fingerprint density at radius 3 is 2.46 bits per heavy atom. The molecule has 1 fully saturated rings. The van der Waals surface area contributed by atoms with Crippen LogP contribution in [-0.4, -0.2) is 46.7 Å². The normalized spacial score (nSPS) is 16.1. The maximum absolute atomic E-state index is 11.1. The van der Waals surface area contributed by atoms with E-state index in [1.54, 1.807) is 4.90 Å². The molecule has 1 heterocycles. The molecular formula is C19H29BrN2O2. The van der Waals surface area contributed by atoms with Gasteiger partial charge < -0.3 is 10.0 Å². The minimum atomic E-state index is -0.786. The molecule has 1 aliphatic heterocycles. The largest absolute Gasteiger partial charge is 0.465 e. The van der Waals surface area contributed by atoms with Crippen LogP contribution in [0.15, 0.2) is 28.7 Å². The zero-order valence-electron chi connectivity index (χ0n) is 14.7. The molecule has 1 aromatic rings. The van der Waals surface area contributed by atoms with Crippen LogP contribution >= 0.6 is 15.9 Å². The topological polar surface area (TPSA) is 43.8 Å². The second-order valence-electron chi connectivity index (χ2n) is 6.70. The van der Waals surface area contributed by atoms with Crippen LogP contribution in [0.4, 0.5) is 4.79 Å². The predicted molar refractivity (Wildman–Crippen MR) is 101 cm³/mol. The van der Waals surface area contributed by atoms with Gasteiger partial charge in [0, 0.05) is 36.7 Å². The van der Waals surface area contributed by atoms with E-state index in [0.717, 1.165) is 30.4 Å². The molecule has 0 atom stereocenters. The first-order valence-electron chi connectivity index (χ1n) is 9.00. The van der Waals surface area contributed by atoms with Gasteiger partial charge in [0.1, 0.15) is 0 Å². The fraction of sp³-hybridized carbons (Fsp3) is 0.632. The molecule has 0 aromatic heterocycles. The van der Waals surface area contributed by atoms with Gasteiger partial charge in [-0.3, -0.25) is 4.90 Å². The van der Waals surface area contributed by atoms with E-state index in [1.165, 1.54) is 18.4 Å². The van der Waals surface area contributed by atoms with Crippen molar-refractivity contribution in [3.8, 4) is 0 Å². The summed E-state index contributed by atoms with van der Waals surface area (Å²) in [7, 11) is 0. The number of hydrogen-bond donors (Lipinski definition) is 1. The Bertz CT molecular complexity index is 526. The molecule has 1 aliphatic rings. The van der Waals surface area contributed by atoms with Crippen LogP contribution in [0.1, 0.15) is 45.1 Å². The molecule has 0 unspecified atom stereocenters. The molecule has 0 saturated carbocycles. The standard InChI is InChI=1S/C19H29BrN2O2/c1-3-15(4-2)13-22(14-16-7-5-6-8-18(16)20)17-9-11-21(12-10-17)19(23)24/h5-8,15,17H,3-4,9-14H2,1-2H3,(H,23,24). The van der Waals surface area contributed by atoms with Crippen LogP contribution in [0, 0.1) is 5.92 Å². The zero-order valence-corrected chi connectivity index (χ0v) is 16.3. The van der Waals surface area contributed by atoms with E-state index in [1.807, 2.05) is 6.07 Å². The van der Waals surface area contributed by atoms with E-state index in [4.69, 9.17) is 5.11 Å². The molecule has 1 saturated heterocycles. The lowest BCUT2D eigenvalue weighted by molar-refractivity contribution is 0.0806. The van der Waals surface area contributed by atoms with E-state index < -0.39 is 6.09 Å². The van der Waals surface area contributed by atoms with Crippen molar-refractivity contribution < 1.29 is 9.90 Å². The molecule has 2 rings (SSSR count). The highest BCUT2D eigenvalue weighted by Crippen LogP contribution is 2.25. The van der Waals surface area contributed by atoms with Gasteiger partial charge in [-0.2, -0.15) is 0 Å². The van der Waals surface area contributed by atoms with Gasteiger partial charge in [0.2, 0.25) is 0 Å². The van der Waals surface area contributed by atoms with Crippen molar-refractivity contribution >= 4 is 22.0 Å².